The maximum Gasteiger partial charge on any atom is 0.234 e. The molecule has 1 amide bonds. The molecule has 2 aromatic heterocycles. The largest absolute Gasteiger partial charge is 0.493 e. The summed E-state index contributed by atoms with van der Waals surface area (Å²) in [7, 11) is 4.64. The molecule has 0 atom stereocenters. The van der Waals surface area contributed by atoms with E-state index < -0.39 is 5.41 Å². The van der Waals surface area contributed by atoms with E-state index in [0.717, 1.165) is 5.56 Å². The zero-order chi connectivity index (χ0) is 25.2. The summed E-state index contributed by atoms with van der Waals surface area (Å²) in [5, 5.41) is 9.18. The number of carbonyl (C=O) groups is 1. The molecule has 3 N–H and O–H groups in total. The quantitative estimate of drug-likeness (QED) is 0.455. The normalized spacial score (nSPS) is 14.1. The van der Waals surface area contributed by atoms with Crippen molar-refractivity contribution in [3.05, 3.63) is 36.0 Å². The van der Waals surface area contributed by atoms with Crippen molar-refractivity contribution in [2.45, 2.75) is 20.8 Å². The molecule has 35 heavy (non-hydrogen) atoms. The van der Waals surface area contributed by atoms with Gasteiger partial charge < -0.3 is 34.9 Å². The minimum atomic E-state index is -0.662. The Labute approximate surface area is 203 Å². The molecule has 11 heteroatoms. The first-order chi connectivity index (χ1) is 16.7. The van der Waals surface area contributed by atoms with Gasteiger partial charge in [0, 0.05) is 29.6 Å². The van der Waals surface area contributed by atoms with Crippen LogP contribution < -0.4 is 34.9 Å². The average molecular weight is 481 g/mol. The van der Waals surface area contributed by atoms with Crippen LogP contribution >= 0.6 is 0 Å². The third-order valence-electron chi connectivity index (χ3n) is 5.43. The van der Waals surface area contributed by atoms with Gasteiger partial charge in [0.15, 0.2) is 23.1 Å². The van der Waals surface area contributed by atoms with Gasteiger partial charge in [-0.05, 0) is 32.9 Å². The molecule has 0 spiro atoms. The number of pyridine rings is 1. The van der Waals surface area contributed by atoms with Gasteiger partial charge in [-0.1, -0.05) is 0 Å². The van der Waals surface area contributed by atoms with Gasteiger partial charge in [-0.2, -0.15) is 4.98 Å². The van der Waals surface area contributed by atoms with E-state index in [-0.39, 0.29) is 12.5 Å². The molecule has 3 aromatic rings. The lowest BCUT2D eigenvalue weighted by Gasteiger charge is -2.18. The van der Waals surface area contributed by atoms with Crippen molar-refractivity contribution in [1.82, 2.24) is 15.0 Å². The number of benzene rings is 1. The lowest BCUT2D eigenvalue weighted by Crippen LogP contribution is -2.33. The van der Waals surface area contributed by atoms with E-state index in [1.807, 2.05) is 20.8 Å². The average Bonchev–Trinajstić information content (AvgIpc) is 2.95. The van der Waals surface area contributed by atoms with Gasteiger partial charge in [-0.3, -0.25) is 4.79 Å². The van der Waals surface area contributed by atoms with Crippen molar-refractivity contribution in [3.8, 4) is 23.0 Å². The second-order valence-electron chi connectivity index (χ2n) is 8.56. The number of hydrogen-bond donors (Lipinski definition) is 3. The van der Waals surface area contributed by atoms with Crippen LogP contribution in [0.3, 0.4) is 0 Å². The fourth-order valence-electron chi connectivity index (χ4n) is 3.35. The van der Waals surface area contributed by atoms with Crippen LogP contribution in [0.15, 0.2) is 30.5 Å². The van der Waals surface area contributed by atoms with Gasteiger partial charge >= 0.3 is 0 Å². The molecule has 4 rings (SSSR count). The lowest BCUT2D eigenvalue weighted by atomic mass is 9.94. The summed E-state index contributed by atoms with van der Waals surface area (Å²) in [5.74, 6) is 3.59. The van der Waals surface area contributed by atoms with E-state index in [0.29, 0.717) is 52.1 Å². The van der Waals surface area contributed by atoms with Gasteiger partial charge in [0.1, 0.15) is 18.2 Å². The molecule has 0 fully saturated rings. The summed E-state index contributed by atoms with van der Waals surface area (Å²) in [5.41, 5.74) is 0.795. The number of carbonyl (C=O) groups excluding carboxylic acids is 1. The Hall–Kier alpha value is -4.28. The molecule has 1 aromatic carbocycles. The van der Waals surface area contributed by atoms with Crippen molar-refractivity contribution in [2.24, 2.45) is 5.41 Å². The molecule has 1 aliphatic heterocycles. The summed E-state index contributed by atoms with van der Waals surface area (Å²) in [6.45, 7) is 5.78. The highest BCUT2D eigenvalue weighted by Gasteiger charge is 2.33. The highest BCUT2D eigenvalue weighted by molar-refractivity contribution is 5.96. The maximum atomic E-state index is 12.5. The van der Waals surface area contributed by atoms with E-state index in [2.05, 4.69) is 30.9 Å². The summed E-state index contributed by atoms with van der Waals surface area (Å²) < 4.78 is 21.9. The van der Waals surface area contributed by atoms with E-state index in [9.17, 15) is 4.79 Å². The lowest BCUT2D eigenvalue weighted by molar-refractivity contribution is -0.124. The molecule has 1 aliphatic rings. The van der Waals surface area contributed by atoms with Crippen LogP contribution in [0.2, 0.25) is 0 Å². The predicted molar refractivity (Wildman–Crippen MR) is 132 cm³/mol. The minimum Gasteiger partial charge on any atom is -0.493 e. The standard InChI is InChI=1S/C24H28N6O5/c1-13-11-25-23(26-14-9-16(32-4)19(34-6)17(10-14)33-5)30-20(13)27-18-8-7-15-21(28-18)29-22(31)24(2,3)12-35-15/h7-11H,12H2,1-6H3,(H3,25,26,27,28,29,30,31). The number of nitrogens with zero attached hydrogens (tertiary/aromatic N) is 3. The summed E-state index contributed by atoms with van der Waals surface area (Å²) in [4.78, 5) is 25.9. The van der Waals surface area contributed by atoms with Gasteiger partial charge in [-0.25, -0.2) is 9.97 Å². The Kier molecular flexibility index (Phi) is 6.50. The maximum absolute atomic E-state index is 12.5. The van der Waals surface area contributed by atoms with E-state index in [1.54, 1.807) is 51.8 Å². The van der Waals surface area contributed by atoms with Gasteiger partial charge in [0.05, 0.1) is 26.7 Å². The minimum absolute atomic E-state index is 0.157. The molecular formula is C24H28N6O5. The van der Waals surface area contributed by atoms with E-state index in [1.165, 1.54) is 0 Å². The van der Waals surface area contributed by atoms with Gasteiger partial charge in [-0.15, -0.1) is 0 Å². The summed E-state index contributed by atoms with van der Waals surface area (Å²) in [6.07, 6.45) is 1.69. The zero-order valence-corrected chi connectivity index (χ0v) is 20.5. The predicted octanol–water partition coefficient (Wildman–Crippen LogP) is 4.05. The Morgan fingerprint density at radius 1 is 1.03 bits per heavy atom. The highest BCUT2D eigenvalue weighted by atomic mass is 16.5. The fraction of sp³-hybridized carbons (Fsp3) is 0.333. The number of fused-ring (bicyclic) bond motifs is 1. The number of rotatable bonds is 7. The van der Waals surface area contributed by atoms with Crippen LogP contribution in [0.25, 0.3) is 0 Å². The number of ether oxygens (including phenoxy) is 4. The highest BCUT2D eigenvalue weighted by Crippen LogP contribution is 2.40. The van der Waals surface area contributed by atoms with Gasteiger partial charge in [0.2, 0.25) is 17.6 Å². The van der Waals surface area contributed by atoms with Crippen molar-refractivity contribution in [3.63, 3.8) is 0 Å². The Balaban J connectivity index is 1.58. The molecule has 0 bridgehead atoms. The van der Waals surface area contributed by atoms with Crippen molar-refractivity contribution >= 4 is 35.0 Å². The summed E-state index contributed by atoms with van der Waals surface area (Å²) >= 11 is 0. The molecule has 0 unspecified atom stereocenters. The molecule has 184 valence electrons. The number of aromatic nitrogens is 3. The van der Waals surface area contributed by atoms with Crippen LogP contribution in [0.4, 0.5) is 29.1 Å². The second-order valence-corrected chi connectivity index (χ2v) is 8.56. The molecule has 0 aliphatic carbocycles. The molecule has 0 radical (unpaired) electrons. The van der Waals surface area contributed by atoms with Crippen LogP contribution in [0.1, 0.15) is 19.4 Å². The molecule has 11 nitrogen and oxygen atoms in total. The molecule has 0 saturated carbocycles. The van der Waals surface area contributed by atoms with Crippen molar-refractivity contribution < 1.29 is 23.7 Å². The molecule has 3 heterocycles. The first-order valence-corrected chi connectivity index (χ1v) is 10.9. The number of nitrogens with one attached hydrogen (secondary N) is 3. The topological polar surface area (TPSA) is 129 Å². The third kappa shape index (κ3) is 4.98. The monoisotopic (exact) mass is 480 g/mol. The molecular weight excluding hydrogens is 452 g/mol. The zero-order valence-electron chi connectivity index (χ0n) is 20.5. The SMILES string of the molecule is COc1cc(Nc2ncc(C)c(Nc3ccc4c(n3)NC(=O)C(C)(C)CO4)n2)cc(OC)c1OC. The number of methoxy groups -OCH3 is 3. The van der Waals surface area contributed by atoms with Crippen LogP contribution in [-0.4, -0.2) is 48.8 Å². The van der Waals surface area contributed by atoms with Crippen molar-refractivity contribution in [2.75, 3.05) is 43.9 Å². The molecule has 0 saturated heterocycles. The van der Waals surface area contributed by atoms with Crippen molar-refractivity contribution in [1.29, 1.82) is 0 Å². The number of aryl methyl sites for hydroxylation is 1. The first kappa shape index (κ1) is 23.9. The van der Waals surface area contributed by atoms with Gasteiger partial charge in [0.25, 0.3) is 0 Å². The fourth-order valence-corrected chi connectivity index (χ4v) is 3.35. The Bertz CT molecular complexity index is 1240. The number of amides is 1. The second kappa shape index (κ2) is 9.53. The van der Waals surface area contributed by atoms with Crippen LogP contribution in [-0.2, 0) is 4.79 Å². The number of anilines is 5. The Morgan fingerprint density at radius 3 is 2.40 bits per heavy atom. The van der Waals surface area contributed by atoms with Crippen LogP contribution in [0, 0.1) is 12.3 Å². The number of hydrogen-bond acceptors (Lipinski definition) is 10. The van der Waals surface area contributed by atoms with E-state index in [4.69, 9.17) is 18.9 Å². The third-order valence-corrected chi connectivity index (χ3v) is 5.43. The first-order valence-electron chi connectivity index (χ1n) is 10.9. The smallest absolute Gasteiger partial charge is 0.234 e. The summed E-state index contributed by atoms with van der Waals surface area (Å²) in [6, 6.07) is 7.04. The van der Waals surface area contributed by atoms with Crippen LogP contribution in [0.5, 0.6) is 23.0 Å². The Morgan fingerprint density at radius 2 is 1.74 bits per heavy atom. The van der Waals surface area contributed by atoms with E-state index >= 15 is 0 Å².